The average molecular weight is 392 g/mol. The van der Waals surface area contributed by atoms with E-state index in [0.717, 1.165) is 50.6 Å². The van der Waals surface area contributed by atoms with E-state index in [9.17, 15) is 9.18 Å². The van der Waals surface area contributed by atoms with E-state index in [4.69, 9.17) is 0 Å². The van der Waals surface area contributed by atoms with E-state index in [0.29, 0.717) is 16.6 Å². The number of amides is 1. The van der Waals surface area contributed by atoms with Gasteiger partial charge in [-0.25, -0.2) is 9.29 Å². The minimum Gasteiger partial charge on any atom is -0.346 e. The Hall–Kier alpha value is -1.74. The van der Waals surface area contributed by atoms with Gasteiger partial charge in [-0.3, -0.25) is 14.2 Å². The maximum Gasteiger partial charge on any atom is 0.257 e. The minimum atomic E-state index is -0.369. The first-order valence-electron chi connectivity index (χ1n) is 10.2. The molecule has 0 radical (unpaired) electrons. The summed E-state index contributed by atoms with van der Waals surface area (Å²) < 4.78 is 14.8. The number of hydrogen-bond acceptors (Lipinski definition) is 5. The second kappa shape index (κ2) is 7.26. The van der Waals surface area contributed by atoms with Gasteiger partial charge < -0.3 is 15.5 Å². The predicted molar refractivity (Wildman–Crippen MR) is 110 cm³/mol. The number of quaternary nitrogens is 1. The molecule has 3 heterocycles. The zero-order chi connectivity index (χ0) is 20.1. The van der Waals surface area contributed by atoms with Crippen molar-refractivity contribution < 1.29 is 9.18 Å². The number of anilines is 1. The van der Waals surface area contributed by atoms with E-state index in [2.05, 4.69) is 53.4 Å². The van der Waals surface area contributed by atoms with Gasteiger partial charge in [0.1, 0.15) is 23.1 Å². The Labute approximate surface area is 166 Å². The lowest BCUT2D eigenvalue weighted by atomic mass is 10.1. The van der Waals surface area contributed by atoms with Gasteiger partial charge in [0.15, 0.2) is 5.69 Å². The zero-order valence-corrected chi connectivity index (χ0v) is 17.3. The molecule has 2 unspecified atom stereocenters. The van der Waals surface area contributed by atoms with E-state index < -0.39 is 0 Å². The highest BCUT2D eigenvalue weighted by Crippen LogP contribution is 2.46. The number of piperazine rings is 1. The summed E-state index contributed by atoms with van der Waals surface area (Å²) in [6.45, 7) is 8.84. The topological polar surface area (TPSA) is 50.9 Å². The van der Waals surface area contributed by atoms with Crippen LogP contribution in [0.5, 0.6) is 0 Å². The molecule has 3 atom stereocenters. The van der Waals surface area contributed by atoms with Crippen molar-refractivity contribution in [2.45, 2.75) is 19.3 Å². The molecule has 154 valence electrons. The summed E-state index contributed by atoms with van der Waals surface area (Å²) in [5, 5.41) is 6.53. The molecule has 4 rings (SSSR count). The van der Waals surface area contributed by atoms with Crippen LogP contribution >= 0.6 is 0 Å². The SMILES string of the molecule is C[C@H]1CNC(=O)c2cc(F)cc3c2[N+]1(C)C(N1CCN(CCN(C)C)CC1)N3. The van der Waals surface area contributed by atoms with E-state index in [1.807, 2.05) is 0 Å². The fourth-order valence-electron chi connectivity index (χ4n) is 4.79. The van der Waals surface area contributed by atoms with E-state index in [1.54, 1.807) is 0 Å². The van der Waals surface area contributed by atoms with Crippen LogP contribution in [0, 0.1) is 5.82 Å². The van der Waals surface area contributed by atoms with Crippen molar-refractivity contribution in [2.75, 3.05) is 72.3 Å². The van der Waals surface area contributed by atoms with Gasteiger partial charge in [0, 0.05) is 45.3 Å². The summed E-state index contributed by atoms with van der Waals surface area (Å²) in [5.41, 5.74) is 2.13. The van der Waals surface area contributed by atoms with Crippen molar-refractivity contribution in [3.05, 3.63) is 23.5 Å². The fourth-order valence-corrected chi connectivity index (χ4v) is 4.79. The predicted octanol–water partition coefficient (Wildman–Crippen LogP) is 0.783. The number of nitrogens with zero attached hydrogens (tertiary/aromatic N) is 4. The van der Waals surface area contributed by atoms with Gasteiger partial charge in [0.2, 0.25) is 6.29 Å². The molecule has 1 aromatic carbocycles. The molecule has 0 bridgehead atoms. The van der Waals surface area contributed by atoms with Gasteiger partial charge in [-0.2, -0.15) is 0 Å². The van der Waals surface area contributed by atoms with Gasteiger partial charge in [-0.15, -0.1) is 0 Å². The van der Waals surface area contributed by atoms with Crippen LogP contribution in [0.25, 0.3) is 0 Å². The van der Waals surface area contributed by atoms with Crippen LogP contribution in [0.15, 0.2) is 12.1 Å². The van der Waals surface area contributed by atoms with Crippen LogP contribution in [0.4, 0.5) is 15.8 Å². The molecule has 8 heteroatoms. The van der Waals surface area contributed by atoms with E-state index >= 15 is 0 Å². The Morgan fingerprint density at radius 1 is 1.25 bits per heavy atom. The second-order valence-electron chi connectivity index (χ2n) is 8.75. The number of carbonyl (C=O) groups is 1. The normalized spacial score (nSPS) is 30.7. The van der Waals surface area contributed by atoms with Gasteiger partial charge in [0.25, 0.3) is 5.91 Å². The molecule has 1 fully saturated rings. The van der Waals surface area contributed by atoms with Crippen LogP contribution in [-0.2, 0) is 0 Å². The molecule has 2 N–H and O–H groups in total. The van der Waals surface area contributed by atoms with Crippen LogP contribution in [-0.4, -0.2) is 99.9 Å². The number of likely N-dealkylation sites (N-methyl/N-ethyl adjacent to an activating group) is 2. The van der Waals surface area contributed by atoms with E-state index in [1.165, 1.54) is 12.1 Å². The zero-order valence-electron chi connectivity index (χ0n) is 17.3. The summed E-state index contributed by atoms with van der Waals surface area (Å²) in [6, 6.07) is 3.10. The third-order valence-electron chi connectivity index (χ3n) is 6.68. The molecule has 28 heavy (non-hydrogen) atoms. The molecular weight excluding hydrogens is 359 g/mol. The summed E-state index contributed by atoms with van der Waals surface area (Å²) in [6.07, 6.45) is 0.00856. The first-order chi connectivity index (χ1) is 13.3. The Morgan fingerprint density at radius 2 is 1.96 bits per heavy atom. The highest BCUT2D eigenvalue weighted by molar-refractivity contribution is 6.03. The molecule has 3 aliphatic rings. The molecule has 1 saturated heterocycles. The van der Waals surface area contributed by atoms with Crippen molar-refractivity contribution in [2.24, 2.45) is 0 Å². The summed E-state index contributed by atoms with van der Waals surface area (Å²) in [5.74, 6) is -0.549. The number of carbonyl (C=O) groups excluding carboxylic acids is 1. The van der Waals surface area contributed by atoms with Crippen LogP contribution in [0.3, 0.4) is 0 Å². The second-order valence-corrected chi connectivity index (χ2v) is 8.75. The Kier molecular flexibility index (Phi) is 5.07. The maximum atomic E-state index is 14.2. The maximum absolute atomic E-state index is 14.2. The standard InChI is InChI=1S/C20H31FN6O/c1-14-13-22-19(28)16-11-15(21)12-17-18(16)27(14,4)20(23-17)26-9-7-25(8-10-26)6-5-24(2)3/h11-12,14,20,23H,5-10,13H2,1-4H3/p+1/t14-,20?,27?/m0/s1. The summed E-state index contributed by atoms with van der Waals surface area (Å²) >= 11 is 0. The molecule has 7 nitrogen and oxygen atoms in total. The van der Waals surface area contributed by atoms with Crippen molar-refractivity contribution in [3.8, 4) is 0 Å². The monoisotopic (exact) mass is 391 g/mol. The van der Waals surface area contributed by atoms with Gasteiger partial charge >= 0.3 is 0 Å². The number of halogens is 1. The Bertz CT molecular complexity index is 763. The lowest BCUT2D eigenvalue weighted by molar-refractivity contribution is 0.0290. The molecular formula is C20H32FN6O+. The lowest BCUT2D eigenvalue weighted by Gasteiger charge is -2.46. The first kappa shape index (κ1) is 19.6. The number of nitrogens with one attached hydrogen (secondary N) is 2. The third kappa shape index (κ3) is 3.18. The molecule has 1 aromatic rings. The summed E-state index contributed by atoms with van der Waals surface area (Å²) in [4.78, 5) is 19.8. The van der Waals surface area contributed by atoms with Crippen molar-refractivity contribution in [1.29, 1.82) is 0 Å². The quantitative estimate of drug-likeness (QED) is 0.743. The molecule has 1 amide bonds. The van der Waals surface area contributed by atoms with Gasteiger partial charge in [0.05, 0.1) is 13.6 Å². The first-order valence-corrected chi connectivity index (χ1v) is 10.2. The van der Waals surface area contributed by atoms with Crippen LogP contribution in [0.2, 0.25) is 0 Å². The summed E-state index contributed by atoms with van der Waals surface area (Å²) in [7, 11) is 6.38. The fraction of sp³-hybridized carbons (Fsp3) is 0.650. The van der Waals surface area contributed by atoms with Crippen LogP contribution in [0.1, 0.15) is 17.3 Å². The number of rotatable bonds is 4. The minimum absolute atomic E-state index is 0.00856. The third-order valence-corrected chi connectivity index (χ3v) is 6.68. The molecule has 0 aromatic heterocycles. The highest BCUT2D eigenvalue weighted by Gasteiger charge is 2.53. The van der Waals surface area contributed by atoms with Crippen LogP contribution < -0.4 is 15.1 Å². The largest absolute Gasteiger partial charge is 0.346 e. The molecule has 0 saturated carbocycles. The van der Waals surface area contributed by atoms with Crippen molar-refractivity contribution in [3.63, 3.8) is 0 Å². The Morgan fingerprint density at radius 3 is 2.64 bits per heavy atom. The lowest BCUT2D eigenvalue weighted by Crippen LogP contribution is -2.68. The highest BCUT2D eigenvalue weighted by atomic mass is 19.1. The number of benzene rings is 1. The number of hydrogen-bond donors (Lipinski definition) is 2. The van der Waals surface area contributed by atoms with Crippen molar-refractivity contribution in [1.82, 2.24) is 24.5 Å². The molecule has 3 aliphatic heterocycles. The van der Waals surface area contributed by atoms with Gasteiger partial charge in [-0.05, 0) is 27.1 Å². The van der Waals surface area contributed by atoms with Gasteiger partial charge in [-0.1, -0.05) is 0 Å². The average Bonchev–Trinajstić information content (AvgIpc) is 2.92. The molecule has 0 spiro atoms. The van der Waals surface area contributed by atoms with Crippen molar-refractivity contribution >= 4 is 17.3 Å². The Balaban J connectivity index is 1.59. The molecule has 0 aliphatic carbocycles. The van der Waals surface area contributed by atoms with E-state index in [-0.39, 0.29) is 24.1 Å². The smallest absolute Gasteiger partial charge is 0.257 e.